The van der Waals surface area contributed by atoms with Crippen molar-refractivity contribution in [2.24, 2.45) is 4.99 Å². The number of hydrogen-bond acceptors (Lipinski definition) is 6. The van der Waals surface area contributed by atoms with Crippen LogP contribution < -0.4 is 11.1 Å². The van der Waals surface area contributed by atoms with Crippen molar-refractivity contribution in [3.63, 3.8) is 0 Å². The molecule has 1 atom stereocenters. The number of nitrogens with two attached hydrogens (primary N) is 1. The van der Waals surface area contributed by atoms with Crippen molar-refractivity contribution in [3.8, 4) is 0 Å². The number of likely N-dealkylation sites (N-methyl/N-ethyl adjacent to an activating group) is 1. The Morgan fingerprint density at radius 2 is 1.81 bits per heavy atom. The summed E-state index contributed by atoms with van der Waals surface area (Å²) in [7, 11) is 1.60. The van der Waals surface area contributed by atoms with Gasteiger partial charge in [-0.05, 0) is 13.1 Å². The number of anilines is 2. The molecule has 1 unspecified atom stereocenters. The second kappa shape index (κ2) is 8.12. The van der Waals surface area contributed by atoms with Gasteiger partial charge in [0.25, 0.3) is 5.91 Å². The number of amides is 1. The van der Waals surface area contributed by atoms with E-state index in [0.717, 1.165) is 11.1 Å². The molecule has 0 aliphatic carbocycles. The maximum Gasteiger partial charge on any atom is 0.443 e. The second-order valence-electron chi connectivity index (χ2n) is 7.00. The number of alkyl halides is 3. The van der Waals surface area contributed by atoms with Gasteiger partial charge in [-0.2, -0.15) is 13.2 Å². The van der Waals surface area contributed by atoms with E-state index in [1.165, 1.54) is 4.90 Å². The number of nitrogens with one attached hydrogen (secondary N) is 1. The minimum Gasteiger partial charge on any atom is -0.389 e. The monoisotopic (exact) mass is 445 g/mol. The molecular formula is C21H18F3N5OS. The van der Waals surface area contributed by atoms with Crippen molar-refractivity contribution in [1.82, 2.24) is 9.88 Å². The first kappa shape index (κ1) is 21.0. The van der Waals surface area contributed by atoms with Crippen molar-refractivity contribution in [2.75, 3.05) is 18.1 Å². The Morgan fingerprint density at radius 1 is 1.13 bits per heavy atom. The number of benzodiazepines with no additional fused rings is 1. The summed E-state index contributed by atoms with van der Waals surface area (Å²) in [5.74, 6) is -0.397. The molecule has 3 aromatic rings. The van der Waals surface area contributed by atoms with Crippen molar-refractivity contribution < 1.29 is 18.0 Å². The van der Waals surface area contributed by atoms with Crippen molar-refractivity contribution in [2.45, 2.75) is 18.9 Å². The SMILES string of the molecule is CN(Cc1nc(C(F)(F)F)sc1N)C1N=C(c2ccccc2)c2ccccc2NC1=O. The van der Waals surface area contributed by atoms with Crippen LogP contribution in [0.1, 0.15) is 21.8 Å². The number of para-hydroxylation sites is 1. The van der Waals surface area contributed by atoms with Crippen LogP contribution in [0.2, 0.25) is 0 Å². The lowest BCUT2D eigenvalue weighted by Crippen LogP contribution is -2.40. The van der Waals surface area contributed by atoms with Crippen LogP contribution >= 0.6 is 11.3 Å². The maximum absolute atomic E-state index is 13.0. The number of nitrogens with zero attached hydrogens (tertiary/aromatic N) is 3. The fourth-order valence-corrected chi connectivity index (χ4v) is 4.00. The Morgan fingerprint density at radius 3 is 2.48 bits per heavy atom. The molecule has 2 aromatic carbocycles. The van der Waals surface area contributed by atoms with E-state index in [2.05, 4.69) is 10.3 Å². The number of rotatable bonds is 4. The molecule has 0 spiro atoms. The topological polar surface area (TPSA) is 83.6 Å². The summed E-state index contributed by atoms with van der Waals surface area (Å²) in [6, 6.07) is 16.7. The number of thiazole rings is 1. The molecule has 10 heteroatoms. The van der Waals surface area contributed by atoms with Crippen LogP contribution in [0.5, 0.6) is 0 Å². The van der Waals surface area contributed by atoms with Gasteiger partial charge in [-0.3, -0.25) is 14.7 Å². The Hall–Kier alpha value is -3.24. The fourth-order valence-electron chi connectivity index (χ4n) is 3.29. The normalized spacial score (nSPS) is 16.5. The van der Waals surface area contributed by atoms with Gasteiger partial charge >= 0.3 is 6.18 Å². The average Bonchev–Trinajstić information content (AvgIpc) is 3.03. The summed E-state index contributed by atoms with van der Waals surface area (Å²) >= 11 is 0.381. The van der Waals surface area contributed by atoms with Crippen LogP contribution in [0.4, 0.5) is 23.9 Å². The van der Waals surface area contributed by atoms with Crippen LogP contribution in [-0.4, -0.2) is 34.7 Å². The molecule has 1 aliphatic heterocycles. The van der Waals surface area contributed by atoms with E-state index in [0.29, 0.717) is 22.7 Å². The first-order chi connectivity index (χ1) is 14.7. The van der Waals surface area contributed by atoms with Crippen LogP contribution in [0.3, 0.4) is 0 Å². The minimum absolute atomic E-state index is 0.0382. The van der Waals surface area contributed by atoms with Crippen LogP contribution in [0, 0.1) is 0 Å². The van der Waals surface area contributed by atoms with Gasteiger partial charge in [-0.25, -0.2) is 4.98 Å². The van der Waals surface area contributed by atoms with Crippen LogP contribution in [0.25, 0.3) is 0 Å². The number of aromatic nitrogens is 1. The zero-order valence-electron chi connectivity index (χ0n) is 16.3. The lowest BCUT2D eigenvalue weighted by molar-refractivity contribution is -0.137. The average molecular weight is 445 g/mol. The number of nitrogen functional groups attached to an aromatic ring is 1. The van der Waals surface area contributed by atoms with Gasteiger partial charge < -0.3 is 11.1 Å². The quantitative estimate of drug-likeness (QED) is 0.636. The van der Waals surface area contributed by atoms with E-state index in [9.17, 15) is 18.0 Å². The van der Waals surface area contributed by atoms with Gasteiger partial charge in [0.05, 0.1) is 17.1 Å². The Kier molecular flexibility index (Phi) is 5.50. The summed E-state index contributed by atoms with van der Waals surface area (Å²) in [6.45, 7) is -0.0710. The fraction of sp³-hybridized carbons (Fsp3) is 0.190. The summed E-state index contributed by atoms with van der Waals surface area (Å²) in [6.07, 6.45) is -5.56. The number of halogens is 3. The highest BCUT2D eigenvalue weighted by molar-refractivity contribution is 7.15. The highest BCUT2D eigenvalue weighted by atomic mass is 32.1. The van der Waals surface area contributed by atoms with Gasteiger partial charge in [-0.1, -0.05) is 59.9 Å². The molecular weight excluding hydrogens is 427 g/mol. The Bertz CT molecular complexity index is 1140. The molecule has 0 bridgehead atoms. The van der Waals surface area contributed by atoms with E-state index < -0.39 is 23.3 Å². The number of carbonyl (C=O) groups is 1. The van der Waals surface area contributed by atoms with E-state index in [4.69, 9.17) is 10.7 Å². The minimum atomic E-state index is -4.57. The molecule has 160 valence electrons. The zero-order valence-corrected chi connectivity index (χ0v) is 17.2. The molecule has 3 N–H and O–H groups in total. The van der Waals surface area contributed by atoms with E-state index >= 15 is 0 Å². The Labute approximate surface area is 180 Å². The number of carbonyl (C=O) groups excluding carboxylic acids is 1. The molecule has 2 heterocycles. The molecule has 1 amide bonds. The number of benzene rings is 2. The maximum atomic E-state index is 13.0. The van der Waals surface area contributed by atoms with Gasteiger partial charge in [0, 0.05) is 17.7 Å². The summed E-state index contributed by atoms with van der Waals surface area (Å²) in [5.41, 5.74) is 8.61. The first-order valence-corrected chi connectivity index (χ1v) is 10.1. The summed E-state index contributed by atoms with van der Waals surface area (Å²) in [4.78, 5) is 22.8. The molecule has 0 saturated heterocycles. The van der Waals surface area contributed by atoms with Crippen molar-refractivity contribution >= 4 is 33.6 Å². The predicted molar refractivity (Wildman–Crippen MR) is 114 cm³/mol. The molecule has 0 radical (unpaired) electrons. The largest absolute Gasteiger partial charge is 0.443 e. The van der Waals surface area contributed by atoms with Crippen LogP contribution in [0.15, 0.2) is 59.6 Å². The van der Waals surface area contributed by atoms with Gasteiger partial charge in [0.2, 0.25) is 0 Å². The molecule has 6 nitrogen and oxygen atoms in total. The van der Waals surface area contributed by atoms with Gasteiger partial charge in [0.15, 0.2) is 11.2 Å². The zero-order chi connectivity index (χ0) is 22.2. The van der Waals surface area contributed by atoms with Crippen molar-refractivity contribution in [3.05, 3.63) is 76.4 Å². The summed E-state index contributed by atoms with van der Waals surface area (Å²) < 4.78 is 38.9. The van der Waals surface area contributed by atoms with Crippen LogP contribution in [-0.2, 0) is 17.5 Å². The van der Waals surface area contributed by atoms with E-state index in [1.807, 2.05) is 42.5 Å². The highest BCUT2D eigenvalue weighted by Gasteiger charge is 2.36. The molecule has 1 aromatic heterocycles. The molecule has 4 rings (SSSR count). The third-order valence-electron chi connectivity index (χ3n) is 4.76. The van der Waals surface area contributed by atoms with Gasteiger partial charge in [0.1, 0.15) is 5.00 Å². The van der Waals surface area contributed by atoms with E-state index in [1.54, 1.807) is 19.2 Å². The first-order valence-electron chi connectivity index (χ1n) is 9.30. The summed E-state index contributed by atoms with van der Waals surface area (Å²) in [5, 5.41) is 1.81. The number of fused-ring (bicyclic) bond motifs is 1. The number of hydrogen-bond donors (Lipinski definition) is 2. The highest BCUT2D eigenvalue weighted by Crippen LogP contribution is 2.36. The molecule has 0 saturated carbocycles. The van der Waals surface area contributed by atoms with Crippen molar-refractivity contribution in [1.29, 1.82) is 0 Å². The smallest absolute Gasteiger partial charge is 0.389 e. The predicted octanol–water partition coefficient (Wildman–Crippen LogP) is 3.99. The third kappa shape index (κ3) is 4.30. The Balaban J connectivity index is 1.71. The molecule has 0 fully saturated rings. The lowest BCUT2D eigenvalue weighted by atomic mass is 10.0. The standard InChI is InChI=1S/C21H18F3N5OS/c1-29(11-15-17(25)31-20(27-15)21(22,23)24)18-19(30)26-14-10-6-5-9-13(14)16(28-18)12-7-3-2-4-8-12/h2-10,18H,11,25H2,1H3,(H,26,30). The molecule has 1 aliphatic rings. The lowest BCUT2D eigenvalue weighted by Gasteiger charge is -2.22. The molecule has 31 heavy (non-hydrogen) atoms. The third-order valence-corrected chi connectivity index (χ3v) is 5.73. The second-order valence-corrected chi connectivity index (χ2v) is 8.03. The van der Waals surface area contributed by atoms with Gasteiger partial charge in [-0.15, -0.1) is 0 Å². The van der Waals surface area contributed by atoms with E-state index in [-0.39, 0.29) is 17.2 Å². The number of aliphatic imine (C=N–C) groups is 1.